The van der Waals surface area contributed by atoms with E-state index in [0.29, 0.717) is 19.6 Å². The lowest BCUT2D eigenvalue weighted by Gasteiger charge is -2.30. The van der Waals surface area contributed by atoms with Gasteiger partial charge in [-0.1, -0.05) is 0 Å². The van der Waals surface area contributed by atoms with E-state index >= 15 is 0 Å². The molecule has 0 bridgehead atoms. The monoisotopic (exact) mass is 307 g/mol. The highest BCUT2D eigenvalue weighted by atomic mass is 16.6. The molecule has 6 heteroatoms. The molecule has 0 aromatic carbocycles. The molecule has 1 amide bonds. The first-order valence-electron chi connectivity index (χ1n) is 7.63. The summed E-state index contributed by atoms with van der Waals surface area (Å²) in [6.45, 7) is 9.31. The third-order valence-corrected chi connectivity index (χ3v) is 3.17. The van der Waals surface area contributed by atoms with E-state index in [9.17, 15) is 4.79 Å². The Kier molecular flexibility index (Phi) is 5.11. The Morgan fingerprint density at radius 2 is 2.32 bits per heavy atom. The van der Waals surface area contributed by atoms with Gasteiger partial charge in [0.1, 0.15) is 17.2 Å². The van der Waals surface area contributed by atoms with E-state index in [4.69, 9.17) is 9.15 Å². The van der Waals surface area contributed by atoms with Crippen LogP contribution < -0.4 is 5.32 Å². The number of hydrogen-bond donors (Lipinski definition) is 1. The lowest BCUT2D eigenvalue weighted by atomic mass is 10.2. The van der Waals surface area contributed by atoms with E-state index in [2.05, 4.69) is 17.2 Å². The van der Waals surface area contributed by atoms with Crippen LogP contribution in [0.3, 0.4) is 0 Å². The molecule has 0 saturated heterocycles. The lowest BCUT2D eigenvalue weighted by Crippen LogP contribution is -2.49. The van der Waals surface area contributed by atoms with Crippen LogP contribution in [0.2, 0.25) is 0 Å². The minimum atomic E-state index is -0.480. The molecule has 1 atom stereocenters. The fourth-order valence-electron chi connectivity index (χ4n) is 2.26. The molecular formula is C16H25N3O3. The summed E-state index contributed by atoms with van der Waals surface area (Å²) < 4.78 is 10.7. The molecule has 122 valence electrons. The van der Waals surface area contributed by atoms with Crippen LogP contribution in [0.1, 0.15) is 33.5 Å². The summed E-state index contributed by atoms with van der Waals surface area (Å²) in [5.41, 5.74) is -0.480. The zero-order valence-electron chi connectivity index (χ0n) is 13.8. The Morgan fingerprint density at radius 3 is 2.95 bits per heavy atom. The van der Waals surface area contributed by atoms with Gasteiger partial charge < -0.3 is 14.5 Å². The number of amides is 1. The second-order valence-electron chi connectivity index (χ2n) is 6.56. The first-order chi connectivity index (χ1) is 10.3. The van der Waals surface area contributed by atoms with Gasteiger partial charge in [-0.2, -0.15) is 0 Å². The second-order valence-corrected chi connectivity index (χ2v) is 6.56. The summed E-state index contributed by atoms with van der Waals surface area (Å²) in [5.74, 6) is 1.75. The predicted octanol–water partition coefficient (Wildman–Crippen LogP) is 2.45. The number of nitrogens with one attached hydrogen (secondary N) is 1. The highest BCUT2D eigenvalue weighted by Gasteiger charge is 2.25. The Balaban J connectivity index is 1.85. The smallest absolute Gasteiger partial charge is 0.410 e. The summed E-state index contributed by atoms with van der Waals surface area (Å²) in [6.07, 6.45) is 2.16. The van der Waals surface area contributed by atoms with Gasteiger partial charge >= 0.3 is 6.09 Å². The molecule has 1 aliphatic heterocycles. The molecule has 22 heavy (non-hydrogen) atoms. The van der Waals surface area contributed by atoms with Gasteiger partial charge in [-0.05, 0) is 39.8 Å². The number of carbonyl (C=O) groups excluding carboxylic acids is 1. The summed E-state index contributed by atoms with van der Waals surface area (Å²) in [6, 6.07) is 4.02. The van der Waals surface area contributed by atoms with E-state index < -0.39 is 5.60 Å². The van der Waals surface area contributed by atoms with E-state index in [1.165, 1.54) is 0 Å². The topological polar surface area (TPSA) is 67.1 Å². The van der Waals surface area contributed by atoms with Gasteiger partial charge in [0.05, 0.1) is 19.4 Å². The van der Waals surface area contributed by atoms with Crippen molar-refractivity contribution in [2.45, 2.75) is 45.8 Å². The van der Waals surface area contributed by atoms with Gasteiger partial charge in [0.25, 0.3) is 0 Å². The molecular weight excluding hydrogens is 282 g/mol. The van der Waals surface area contributed by atoms with Crippen LogP contribution in [0.5, 0.6) is 0 Å². The van der Waals surface area contributed by atoms with Gasteiger partial charge in [0.2, 0.25) is 0 Å². The van der Waals surface area contributed by atoms with Crippen molar-refractivity contribution < 1.29 is 13.9 Å². The quantitative estimate of drug-likeness (QED) is 0.931. The van der Waals surface area contributed by atoms with Crippen molar-refractivity contribution in [1.82, 2.24) is 10.2 Å². The van der Waals surface area contributed by atoms with Crippen molar-refractivity contribution >= 4 is 11.9 Å². The van der Waals surface area contributed by atoms with Crippen LogP contribution >= 0.6 is 0 Å². The van der Waals surface area contributed by atoms with Crippen LogP contribution in [0, 0.1) is 0 Å². The van der Waals surface area contributed by atoms with Crippen molar-refractivity contribution in [2.75, 3.05) is 19.6 Å². The normalized spacial score (nSPS) is 16.9. The highest BCUT2D eigenvalue weighted by Crippen LogP contribution is 2.11. The van der Waals surface area contributed by atoms with Gasteiger partial charge in [-0.25, -0.2) is 4.79 Å². The molecule has 2 heterocycles. The third-order valence-electron chi connectivity index (χ3n) is 3.17. The number of carbonyl (C=O) groups is 1. The number of rotatable bonds is 3. The van der Waals surface area contributed by atoms with Crippen molar-refractivity contribution in [1.29, 1.82) is 0 Å². The van der Waals surface area contributed by atoms with Gasteiger partial charge in [0.15, 0.2) is 0 Å². The molecule has 0 saturated carbocycles. The average molecular weight is 307 g/mol. The average Bonchev–Trinajstić information content (AvgIpc) is 2.89. The summed E-state index contributed by atoms with van der Waals surface area (Å²) in [4.78, 5) is 18.2. The predicted molar refractivity (Wildman–Crippen MR) is 85.1 cm³/mol. The van der Waals surface area contributed by atoms with E-state index in [0.717, 1.165) is 18.0 Å². The molecule has 1 aromatic rings. The second kappa shape index (κ2) is 6.85. The van der Waals surface area contributed by atoms with Crippen LogP contribution in [0.25, 0.3) is 0 Å². The minimum Gasteiger partial charge on any atom is -0.469 e. The number of furan rings is 1. The zero-order chi connectivity index (χ0) is 16.2. The van der Waals surface area contributed by atoms with Gasteiger partial charge in [0, 0.05) is 19.0 Å². The van der Waals surface area contributed by atoms with E-state index in [1.807, 2.05) is 32.9 Å². The first-order valence-corrected chi connectivity index (χ1v) is 7.63. The first kappa shape index (κ1) is 16.4. The van der Waals surface area contributed by atoms with Crippen molar-refractivity contribution in [3.8, 4) is 0 Å². The van der Waals surface area contributed by atoms with Crippen LogP contribution in [0.4, 0.5) is 4.79 Å². The highest BCUT2D eigenvalue weighted by molar-refractivity contribution is 5.88. The van der Waals surface area contributed by atoms with Crippen molar-refractivity contribution in [2.24, 2.45) is 4.99 Å². The maximum atomic E-state index is 12.1. The number of nitrogens with zero attached hydrogens (tertiary/aromatic N) is 2. The summed E-state index contributed by atoms with van der Waals surface area (Å²) in [5, 5.41) is 3.35. The largest absolute Gasteiger partial charge is 0.469 e. The molecule has 0 radical (unpaired) electrons. The maximum absolute atomic E-state index is 12.1. The molecule has 1 aromatic heterocycles. The molecule has 1 aliphatic rings. The number of hydrogen-bond acceptors (Lipinski definition) is 5. The lowest BCUT2D eigenvalue weighted by molar-refractivity contribution is 0.0276. The molecule has 0 fully saturated rings. The summed E-state index contributed by atoms with van der Waals surface area (Å²) in [7, 11) is 0. The molecule has 6 nitrogen and oxygen atoms in total. The standard InChI is InChI=1S/C16H25N3O3/c1-12(10-13-6-5-9-21-13)18-14-11-19(8-7-17-14)15(20)22-16(2,3)4/h5-6,9,12H,7-8,10-11H2,1-4H3,(H,17,18). The number of ether oxygens (including phenoxy) is 1. The van der Waals surface area contributed by atoms with Gasteiger partial charge in [-0.3, -0.25) is 9.89 Å². The zero-order valence-corrected chi connectivity index (χ0v) is 13.8. The SMILES string of the molecule is CC(Cc1ccco1)NC1=NCCN(C(=O)OC(C)(C)C)C1. The van der Waals surface area contributed by atoms with Crippen molar-refractivity contribution in [3.05, 3.63) is 24.2 Å². The molecule has 2 rings (SSSR count). The van der Waals surface area contributed by atoms with Crippen LogP contribution in [-0.2, 0) is 11.2 Å². The Morgan fingerprint density at radius 1 is 1.55 bits per heavy atom. The molecule has 0 aliphatic carbocycles. The third kappa shape index (κ3) is 5.09. The molecule has 0 spiro atoms. The fraction of sp³-hybridized carbons (Fsp3) is 0.625. The fourth-order valence-corrected chi connectivity index (χ4v) is 2.26. The minimum absolute atomic E-state index is 0.184. The summed E-state index contributed by atoms with van der Waals surface area (Å²) >= 11 is 0. The molecule has 1 N–H and O–H groups in total. The van der Waals surface area contributed by atoms with E-state index in [-0.39, 0.29) is 12.1 Å². The molecule has 1 unspecified atom stereocenters. The van der Waals surface area contributed by atoms with Crippen LogP contribution in [-0.4, -0.2) is 48.1 Å². The maximum Gasteiger partial charge on any atom is 0.410 e. The Labute approximate surface area is 131 Å². The number of aliphatic imine (C=N–C) groups is 1. The van der Waals surface area contributed by atoms with Gasteiger partial charge in [-0.15, -0.1) is 0 Å². The Bertz CT molecular complexity index is 517. The van der Waals surface area contributed by atoms with E-state index in [1.54, 1.807) is 11.2 Å². The Hall–Kier alpha value is -1.98. The van der Waals surface area contributed by atoms with Crippen LogP contribution in [0.15, 0.2) is 27.8 Å². The van der Waals surface area contributed by atoms with Crippen molar-refractivity contribution in [3.63, 3.8) is 0 Å². The number of amidine groups is 1.